The summed E-state index contributed by atoms with van der Waals surface area (Å²) in [6.07, 6.45) is 2.51. The lowest BCUT2D eigenvalue weighted by Gasteiger charge is -2.55. The molecule has 92 valence electrons. The van der Waals surface area contributed by atoms with Crippen molar-refractivity contribution in [2.24, 2.45) is 11.3 Å². The minimum Gasteiger partial charge on any atom is -0.481 e. The van der Waals surface area contributed by atoms with Crippen molar-refractivity contribution in [1.29, 1.82) is 0 Å². The van der Waals surface area contributed by atoms with E-state index < -0.39 is 5.97 Å². The maximum absolute atomic E-state index is 10.4. The van der Waals surface area contributed by atoms with Crippen molar-refractivity contribution in [3.05, 3.63) is 0 Å². The van der Waals surface area contributed by atoms with E-state index in [1.54, 1.807) is 0 Å². The van der Waals surface area contributed by atoms with Crippen LogP contribution in [-0.4, -0.2) is 36.4 Å². The number of ether oxygens (including phenoxy) is 1. The third-order valence-corrected chi connectivity index (χ3v) is 4.03. The van der Waals surface area contributed by atoms with E-state index in [1.165, 1.54) is 0 Å². The highest BCUT2D eigenvalue weighted by Gasteiger charge is 2.58. The van der Waals surface area contributed by atoms with E-state index in [9.17, 15) is 4.79 Å². The first-order chi connectivity index (χ1) is 7.53. The average molecular weight is 227 g/mol. The Balaban J connectivity index is 1.75. The number of hydrogen-bond acceptors (Lipinski definition) is 3. The number of fused-ring (bicyclic) bond motifs is 1. The molecule has 3 unspecified atom stereocenters. The molecule has 1 heterocycles. The van der Waals surface area contributed by atoms with Crippen LogP contribution in [0.5, 0.6) is 0 Å². The van der Waals surface area contributed by atoms with Crippen molar-refractivity contribution in [2.45, 2.75) is 45.3 Å². The lowest BCUT2D eigenvalue weighted by atomic mass is 9.57. The highest BCUT2D eigenvalue weighted by molar-refractivity contribution is 5.66. The van der Waals surface area contributed by atoms with Gasteiger partial charge in [-0.15, -0.1) is 0 Å². The van der Waals surface area contributed by atoms with Gasteiger partial charge in [0.1, 0.15) is 0 Å². The average Bonchev–Trinajstić information content (AvgIpc) is 2.63. The number of carbonyl (C=O) groups is 1. The Kier molecular flexibility index (Phi) is 3.22. The standard InChI is InChI=1S/C12H21NO3/c1-12(2)10(8-5-7-16-11(8)12)13-6-3-4-9(14)15/h8,10-11,13H,3-7H2,1-2H3,(H,14,15). The van der Waals surface area contributed by atoms with Crippen LogP contribution in [0.25, 0.3) is 0 Å². The van der Waals surface area contributed by atoms with E-state index in [1.807, 2.05) is 0 Å². The summed E-state index contributed by atoms with van der Waals surface area (Å²) in [5.74, 6) is -0.0726. The van der Waals surface area contributed by atoms with E-state index >= 15 is 0 Å². The largest absolute Gasteiger partial charge is 0.481 e. The predicted molar refractivity (Wildman–Crippen MR) is 60.3 cm³/mol. The van der Waals surface area contributed by atoms with Crippen molar-refractivity contribution in [3.8, 4) is 0 Å². The second kappa shape index (κ2) is 4.34. The van der Waals surface area contributed by atoms with E-state index in [4.69, 9.17) is 9.84 Å². The van der Waals surface area contributed by atoms with Gasteiger partial charge in [-0.25, -0.2) is 0 Å². The number of carboxylic acid groups (broad SMARTS) is 1. The number of carboxylic acids is 1. The number of nitrogens with one attached hydrogen (secondary N) is 1. The Morgan fingerprint density at radius 1 is 1.56 bits per heavy atom. The van der Waals surface area contributed by atoms with Crippen LogP contribution in [0.3, 0.4) is 0 Å². The van der Waals surface area contributed by atoms with Crippen molar-refractivity contribution < 1.29 is 14.6 Å². The molecule has 2 fully saturated rings. The molecule has 4 nitrogen and oxygen atoms in total. The lowest BCUT2D eigenvalue weighted by molar-refractivity contribution is -0.137. The molecule has 0 aromatic heterocycles. The minimum atomic E-state index is -0.711. The van der Waals surface area contributed by atoms with E-state index in [0.717, 1.165) is 19.6 Å². The molecule has 2 rings (SSSR count). The first-order valence-corrected chi connectivity index (χ1v) is 6.10. The van der Waals surface area contributed by atoms with Gasteiger partial charge in [-0.05, 0) is 19.4 Å². The first kappa shape index (κ1) is 11.9. The van der Waals surface area contributed by atoms with Gasteiger partial charge in [-0.2, -0.15) is 0 Å². The van der Waals surface area contributed by atoms with Gasteiger partial charge in [-0.1, -0.05) is 13.8 Å². The normalized spacial score (nSPS) is 35.5. The fraction of sp³-hybridized carbons (Fsp3) is 0.917. The monoisotopic (exact) mass is 227 g/mol. The molecule has 4 heteroatoms. The Labute approximate surface area is 96.4 Å². The van der Waals surface area contributed by atoms with Crippen molar-refractivity contribution in [3.63, 3.8) is 0 Å². The van der Waals surface area contributed by atoms with Crippen LogP contribution in [0.4, 0.5) is 0 Å². The summed E-state index contributed by atoms with van der Waals surface area (Å²) < 4.78 is 5.71. The number of hydrogen-bond donors (Lipinski definition) is 2. The van der Waals surface area contributed by atoms with E-state index in [0.29, 0.717) is 24.5 Å². The summed E-state index contributed by atoms with van der Waals surface area (Å²) in [5, 5.41) is 12.0. The molecule has 0 aromatic rings. The zero-order valence-corrected chi connectivity index (χ0v) is 10.0. The Hall–Kier alpha value is -0.610. The molecule has 1 aliphatic heterocycles. The zero-order valence-electron chi connectivity index (χ0n) is 10.0. The van der Waals surface area contributed by atoms with Crippen LogP contribution < -0.4 is 5.32 Å². The summed E-state index contributed by atoms with van der Waals surface area (Å²) >= 11 is 0. The molecule has 0 spiro atoms. The SMILES string of the molecule is CC1(C)C(NCCCC(=O)O)C2CCOC21. The zero-order chi connectivity index (χ0) is 11.8. The van der Waals surface area contributed by atoms with Gasteiger partial charge in [0.2, 0.25) is 0 Å². The molecule has 2 aliphatic rings. The molecule has 16 heavy (non-hydrogen) atoms. The summed E-state index contributed by atoms with van der Waals surface area (Å²) in [4.78, 5) is 10.4. The number of aliphatic carboxylic acids is 1. The molecule has 0 aromatic carbocycles. The van der Waals surface area contributed by atoms with Gasteiger partial charge < -0.3 is 15.2 Å². The topological polar surface area (TPSA) is 58.6 Å². The van der Waals surface area contributed by atoms with Crippen molar-refractivity contribution in [2.75, 3.05) is 13.2 Å². The van der Waals surface area contributed by atoms with Crippen LogP contribution in [0.2, 0.25) is 0 Å². The molecule has 3 atom stereocenters. The van der Waals surface area contributed by atoms with Crippen molar-refractivity contribution >= 4 is 5.97 Å². The second-order valence-electron chi connectivity index (χ2n) is 5.49. The summed E-state index contributed by atoms with van der Waals surface area (Å²) in [6.45, 7) is 6.14. The molecule has 1 aliphatic carbocycles. The van der Waals surface area contributed by atoms with Gasteiger partial charge in [-0.3, -0.25) is 4.79 Å². The van der Waals surface area contributed by atoms with Crippen LogP contribution in [0.15, 0.2) is 0 Å². The van der Waals surface area contributed by atoms with Gasteiger partial charge in [0.05, 0.1) is 6.10 Å². The Morgan fingerprint density at radius 2 is 2.31 bits per heavy atom. The summed E-state index contributed by atoms with van der Waals surface area (Å²) in [7, 11) is 0. The van der Waals surface area contributed by atoms with Gasteiger partial charge in [0.25, 0.3) is 0 Å². The van der Waals surface area contributed by atoms with Gasteiger partial charge in [0.15, 0.2) is 0 Å². The summed E-state index contributed by atoms with van der Waals surface area (Å²) in [6, 6.07) is 0.494. The lowest BCUT2D eigenvalue weighted by Crippen LogP contribution is -2.65. The highest BCUT2D eigenvalue weighted by atomic mass is 16.5. The van der Waals surface area contributed by atoms with Gasteiger partial charge in [0, 0.05) is 30.4 Å². The van der Waals surface area contributed by atoms with Crippen LogP contribution in [-0.2, 0) is 9.53 Å². The Bertz CT molecular complexity index is 277. The van der Waals surface area contributed by atoms with E-state index in [-0.39, 0.29) is 11.8 Å². The second-order valence-corrected chi connectivity index (χ2v) is 5.49. The smallest absolute Gasteiger partial charge is 0.303 e. The van der Waals surface area contributed by atoms with Crippen molar-refractivity contribution in [1.82, 2.24) is 5.32 Å². The third kappa shape index (κ3) is 1.96. The van der Waals surface area contributed by atoms with Crippen LogP contribution >= 0.6 is 0 Å². The van der Waals surface area contributed by atoms with E-state index in [2.05, 4.69) is 19.2 Å². The fourth-order valence-electron chi connectivity index (χ4n) is 3.24. The summed E-state index contributed by atoms with van der Waals surface area (Å²) in [5.41, 5.74) is 0.199. The highest BCUT2D eigenvalue weighted by Crippen LogP contribution is 2.51. The first-order valence-electron chi connectivity index (χ1n) is 6.10. The Morgan fingerprint density at radius 3 is 3.00 bits per heavy atom. The van der Waals surface area contributed by atoms with Gasteiger partial charge >= 0.3 is 5.97 Å². The molecule has 1 saturated carbocycles. The predicted octanol–water partition coefficient (Wildman–Crippen LogP) is 1.25. The molecular formula is C12H21NO3. The molecule has 0 bridgehead atoms. The number of rotatable bonds is 5. The maximum Gasteiger partial charge on any atom is 0.303 e. The molecular weight excluding hydrogens is 206 g/mol. The third-order valence-electron chi connectivity index (χ3n) is 4.03. The van der Waals surface area contributed by atoms with Crippen LogP contribution in [0, 0.1) is 11.3 Å². The van der Waals surface area contributed by atoms with Crippen LogP contribution in [0.1, 0.15) is 33.1 Å². The molecule has 1 saturated heterocycles. The minimum absolute atomic E-state index is 0.199. The molecule has 0 radical (unpaired) electrons. The molecule has 0 amide bonds. The molecule has 2 N–H and O–H groups in total. The fourth-order valence-corrected chi connectivity index (χ4v) is 3.24. The quantitative estimate of drug-likeness (QED) is 0.694. The maximum atomic E-state index is 10.4.